The van der Waals surface area contributed by atoms with Crippen LogP contribution in [0.4, 0.5) is 5.69 Å². The van der Waals surface area contributed by atoms with E-state index in [0.29, 0.717) is 36.7 Å². The molecule has 2 aromatic carbocycles. The van der Waals surface area contributed by atoms with Crippen molar-refractivity contribution in [1.29, 1.82) is 5.26 Å². The number of carbonyl (C=O) groups is 1. The minimum atomic E-state index is -0.113. The van der Waals surface area contributed by atoms with Crippen LogP contribution >= 0.6 is 0 Å². The highest BCUT2D eigenvalue weighted by Crippen LogP contribution is 2.36. The molecular weight excluding hydrogens is 526 g/mol. The number of carbonyl (C=O) groups excluding carboxylic acids is 1. The van der Waals surface area contributed by atoms with Gasteiger partial charge >= 0.3 is 0 Å². The third-order valence-corrected chi connectivity index (χ3v) is 8.25. The van der Waals surface area contributed by atoms with Crippen molar-refractivity contribution in [3.8, 4) is 34.2 Å². The van der Waals surface area contributed by atoms with E-state index in [0.717, 1.165) is 66.1 Å². The van der Waals surface area contributed by atoms with Gasteiger partial charge in [0.1, 0.15) is 23.6 Å². The minimum absolute atomic E-state index is 0.113. The number of nitriles is 1. The Hall–Kier alpha value is -4.35. The van der Waals surface area contributed by atoms with E-state index >= 15 is 0 Å². The second kappa shape index (κ2) is 11.9. The number of nitrogens with zero attached hydrogens (tertiary/aromatic N) is 5. The number of likely N-dealkylation sites (tertiary alicyclic amines) is 1. The minimum Gasteiger partial charge on any atom is -0.487 e. The average molecular weight is 564 g/mol. The lowest BCUT2D eigenvalue weighted by atomic mass is 10.0. The standard InChI is InChI=1S/C34H37N5O3/c1-23(2)18-33(40)39-13-11-28(22-39)42-32-9-6-25(19-26(32)21-35)29-10-12-36-34-30(29)20-31(37(34)3)24-4-7-27(8-5-24)38-14-16-41-17-15-38/h4-10,12,19-20,23,28H,11,13-18,22H2,1-3H3/t28-/m1/s1. The van der Waals surface area contributed by atoms with Crippen molar-refractivity contribution in [1.82, 2.24) is 14.5 Å². The highest BCUT2D eigenvalue weighted by atomic mass is 16.5. The van der Waals surface area contributed by atoms with Crippen LogP contribution in [0.3, 0.4) is 0 Å². The van der Waals surface area contributed by atoms with E-state index < -0.39 is 0 Å². The van der Waals surface area contributed by atoms with Crippen molar-refractivity contribution in [3.63, 3.8) is 0 Å². The maximum atomic E-state index is 12.5. The Kier molecular flexibility index (Phi) is 7.86. The summed E-state index contributed by atoms with van der Waals surface area (Å²) in [6, 6.07) is 21.0. The maximum Gasteiger partial charge on any atom is 0.222 e. The summed E-state index contributed by atoms with van der Waals surface area (Å²) < 4.78 is 13.9. The zero-order valence-electron chi connectivity index (χ0n) is 24.5. The molecule has 216 valence electrons. The predicted octanol–water partition coefficient (Wildman–Crippen LogP) is 5.64. The van der Waals surface area contributed by atoms with Crippen LogP contribution in [0.1, 0.15) is 32.3 Å². The van der Waals surface area contributed by atoms with E-state index in [4.69, 9.17) is 14.5 Å². The third kappa shape index (κ3) is 5.57. The molecule has 2 aliphatic rings. The fourth-order valence-electron chi connectivity index (χ4n) is 6.01. The van der Waals surface area contributed by atoms with Crippen LogP contribution in [0.5, 0.6) is 5.75 Å². The summed E-state index contributed by atoms with van der Waals surface area (Å²) in [5.41, 5.74) is 6.73. The summed E-state index contributed by atoms with van der Waals surface area (Å²) in [5, 5.41) is 11.0. The summed E-state index contributed by atoms with van der Waals surface area (Å²) >= 11 is 0. The van der Waals surface area contributed by atoms with Crippen molar-refractivity contribution in [2.75, 3.05) is 44.3 Å². The molecule has 4 heterocycles. The van der Waals surface area contributed by atoms with E-state index in [-0.39, 0.29) is 12.0 Å². The van der Waals surface area contributed by atoms with E-state index in [2.05, 4.69) is 59.7 Å². The smallest absolute Gasteiger partial charge is 0.222 e. The monoisotopic (exact) mass is 563 g/mol. The molecule has 6 rings (SSSR count). The molecule has 1 amide bonds. The fraction of sp³-hybridized carbons (Fsp3) is 0.382. The van der Waals surface area contributed by atoms with Crippen molar-refractivity contribution in [3.05, 3.63) is 66.4 Å². The Balaban J connectivity index is 1.24. The van der Waals surface area contributed by atoms with Crippen LogP contribution in [0.25, 0.3) is 33.4 Å². The molecule has 2 saturated heterocycles. The number of anilines is 1. The van der Waals surface area contributed by atoms with E-state index in [1.165, 1.54) is 5.69 Å². The second-order valence-corrected chi connectivity index (χ2v) is 11.6. The number of rotatable bonds is 7. The first-order valence-corrected chi connectivity index (χ1v) is 14.8. The summed E-state index contributed by atoms with van der Waals surface area (Å²) in [4.78, 5) is 21.4. The molecular formula is C34H37N5O3. The SMILES string of the molecule is CC(C)CC(=O)N1CC[C@@H](Oc2ccc(-c3ccnc4c3cc(-c3ccc(N5CCOCC5)cc3)n4C)cc2C#N)C1. The number of pyridine rings is 1. The van der Waals surface area contributed by atoms with Crippen LogP contribution in [0.15, 0.2) is 60.8 Å². The molecule has 0 spiro atoms. The quantitative estimate of drug-likeness (QED) is 0.289. The Labute approximate surface area is 247 Å². The van der Waals surface area contributed by atoms with E-state index in [1.807, 2.05) is 42.4 Å². The molecule has 42 heavy (non-hydrogen) atoms. The third-order valence-electron chi connectivity index (χ3n) is 8.25. The summed E-state index contributed by atoms with van der Waals surface area (Å²) in [5.74, 6) is 1.06. The lowest BCUT2D eigenvalue weighted by molar-refractivity contribution is -0.131. The number of ether oxygens (including phenoxy) is 2. The summed E-state index contributed by atoms with van der Waals surface area (Å²) in [6.45, 7) is 8.70. The number of morpholine rings is 1. The lowest BCUT2D eigenvalue weighted by Gasteiger charge is -2.28. The van der Waals surface area contributed by atoms with Gasteiger partial charge in [-0.05, 0) is 59.0 Å². The Morgan fingerprint density at radius 2 is 1.83 bits per heavy atom. The van der Waals surface area contributed by atoms with Gasteiger partial charge in [0.2, 0.25) is 5.91 Å². The fourth-order valence-corrected chi connectivity index (χ4v) is 6.01. The highest BCUT2D eigenvalue weighted by molar-refractivity contribution is 5.97. The van der Waals surface area contributed by atoms with Crippen LogP contribution in [0.2, 0.25) is 0 Å². The van der Waals surface area contributed by atoms with Gasteiger partial charge in [-0.3, -0.25) is 4.79 Å². The predicted molar refractivity (Wildman–Crippen MR) is 164 cm³/mol. The molecule has 2 aromatic heterocycles. The van der Waals surface area contributed by atoms with Gasteiger partial charge in [0.25, 0.3) is 0 Å². The van der Waals surface area contributed by atoms with Crippen molar-refractivity contribution >= 4 is 22.6 Å². The van der Waals surface area contributed by atoms with Gasteiger partial charge in [-0.25, -0.2) is 4.98 Å². The Morgan fingerprint density at radius 3 is 2.57 bits per heavy atom. The molecule has 2 aliphatic heterocycles. The first-order valence-electron chi connectivity index (χ1n) is 14.8. The normalized spacial score (nSPS) is 17.2. The van der Waals surface area contributed by atoms with Crippen LogP contribution in [-0.4, -0.2) is 65.9 Å². The zero-order valence-corrected chi connectivity index (χ0v) is 24.5. The maximum absolute atomic E-state index is 12.5. The molecule has 0 aliphatic carbocycles. The molecule has 1 atom stereocenters. The number of hydrogen-bond acceptors (Lipinski definition) is 6. The Morgan fingerprint density at radius 1 is 1.07 bits per heavy atom. The van der Waals surface area contributed by atoms with Crippen LogP contribution in [-0.2, 0) is 16.6 Å². The lowest BCUT2D eigenvalue weighted by Crippen LogP contribution is -2.36. The van der Waals surface area contributed by atoms with Crippen molar-refractivity contribution in [2.24, 2.45) is 13.0 Å². The zero-order chi connectivity index (χ0) is 29.2. The van der Waals surface area contributed by atoms with Crippen molar-refractivity contribution < 1.29 is 14.3 Å². The molecule has 0 unspecified atom stereocenters. The number of aryl methyl sites for hydroxylation is 1. The van der Waals surface area contributed by atoms with E-state index in [9.17, 15) is 10.1 Å². The number of aromatic nitrogens is 2. The van der Waals surface area contributed by atoms with Crippen LogP contribution < -0.4 is 9.64 Å². The van der Waals surface area contributed by atoms with Gasteiger partial charge in [-0.15, -0.1) is 0 Å². The van der Waals surface area contributed by atoms with Gasteiger partial charge in [0.15, 0.2) is 0 Å². The number of hydrogen-bond donors (Lipinski definition) is 0. The first kappa shape index (κ1) is 27.8. The molecule has 0 radical (unpaired) electrons. The molecule has 8 nitrogen and oxygen atoms in total. The molecule has 0 saturated carbocycles. The van der Waals surface area contributed by atoms with Gasteiger partial charge in [-0.1, -0.05) is 32.0 Å². The molecule has 2 fully saturated rings. The molecule has 0 bridgehead atoms. The number of amides is 1. The molecule has 8 heteroatoms. The molecule has 4 aromatic rings. The highest BCUT2D eigenvalue weighted by Gasteiger charge is 2.28. The number of fused-ring (bicyclic) bond motifs is 1. The van der Waals surface area contributed by atoms with Crippen LogP contribution in [0, 0.1) is 17.2 Å². The summed E-state index contributed by atoms with van der Waals surface area (Å²) in [6.07, 6.45) is 3.02. The van der Waals surface area contributed by atoms with Crippen molar-refractivity contribution in [2.45, 2.75) is 32.8 Å². The van der Waals surface area contributed by atoms with Gasteiger partial charge < -0.3 is 23.8 Å². The molecule has 0 N–H and O–H groups in total. The second-order valence-electron chi connectivity index (χ2n) is 11.6. The Bertz CT molecular complexity index is 1630. The van der Waals surface area contributed by atoms with E-state index in [1.54, 1.807) is 0 Å². The topological polar surface area (TPSA) is 83.6 Å². The van der Waals surface area contributed by atoms with Gasteiger partial charge in [0, 0.05) is 56.8 Å². The number of benzene rings is 2. The largest absolute Gasteiger partial charge is 0.487 e. The van der Waals surface area contributed by atoms with Gasteiger partial charge in [0.05, 0.1) is 31.0 Å². The average Bonchev–Trinajstić information content (AvgIpc) is 3.62. The first-order chi connectivity index (χ1) is 20.4. The summed E-state index contributed by atoms with van der Waals surface area (Å²) in [7, 11) is 2.04. The van der Waals surface area contributed by atoms with Gasteiger partial charge in [-0.2, -0.15) is 5.26 Å².